The molecule has 0 spiro atoms. The highest BCUT2D eigenvalue weighted by Crippen LogP contribution is 2.30. The van der Waals surface area contributed by atoms with Crippen molar-refractivity contribution < 1.29 is 9.53 Å². The molecule has 0 atom stereocenters. The Balaban J connectivity index is 1.62. The van der Waals surface area contributed by atoms with Crippen LogP contribution in [0, 0.1) is 0 Å². The predicted molar refractivity (Wildman–Crippen MR) is 99.2 cm³/mol. The first-order chi connectivity index (χ1) is 11.8. The Morgan fingerprint density at radius 2 is 1.83 bits per heavy atom. The van der Waals surface area contributed by atoms with Gasteiger partial charge in [-0.25, -0.2) is 0 Å². The average molecular weight is 339 g/mol. The van der Waals surface area contributed by atoms with E-state index < -0.39 is 0 Å². The number of thioether (sulfide) groups is 1. The number of ether oxygens (including phenoxy) is 1. The molecule has 0 N–H and O–H groups in total. The monoisotopic (exact) mass is 339 g/mol. The van der Waals surface area contributed by atoms with Crippen LogP contribution in [0.25, 0.3) is 10.9 Å². The van der Waals surface area contributed by atoms with E-state index in [-0.39, 0.29) is 5.97 Å². The number of carbonyl (C=O) groups excluding carboxylic acids is 1. The molecule has 0 aliphatic heterocycles. The molecule has 0 aliphatic rings. The molecule has 0 saturated carbocycles. The lowest BCUT2D eigenvalue weighted by molar-refractivity contribution is -0.141. The minimum Gasteiger partial charge on any atom is -0.460 e. The standard InChI is InChI=1S/C20H21NO2S/c1-2-12-21-13-19(17-10-6-7-11-18(17)21)24-15-20(22)23-14-16-8-4-3-5-9-16/h3-11,13H,2,12,14-15H2,1H3. The van der Waals surface area contributed by atoms with Crippen LogP contribution in [0.4, 0.5) is 0 Å². The minimum absolute atomic E-state index is 0.184. The summed E-state index contributed by atoms with van der Waals surface area (Å²) in [5, 5.41) is 1.20. The zero-order valence-corrected chi connectivity index (χ0v) is 14.6. The number of carbonyl (C=O) groups is 1. The van der Waals surface area contributed by atoms with Crippen LogP contribution in [0.3, 0.4) is 0 Å². The van der Waals surface area contributed by atoms with Crippen molar-refractivity contribution in [3.05, 3.63) is 66.4 Å². The van der Waals surface area contributed by atoms with Crippen molar-refractivity contribution in [1.82, 2.24) is 4.57 Å². The molecule has 3 aromatic rings. The Morgan fingerprint density at radius 3 is 2.62 bits per heavy atom. The van der Waals surface area contributed by atoms with Crippen molar-refractivity contribution in [2.75, 3.05) is 5.75 Å². The van der Waals surface area contributed by atoms with Gasteiger partial charge in [-0.15, -0.1) is 11.8 Å². The fourth-order valence-corrected chi connectivity index (χ4v) is 3.56. The van der Waals surface area contributed by atoms with Crippen LogP contribution in [0.15, 0.2) is 65.7 Å². The fourth-order valence-electron chi connectivity index (χ4n) is 2.67. The quantitative estimate of drug-likeness (QED) is 0.454. The number of fused-ring (bicyclic) bond motifs is 1. The number of esters is 1. The van der Waals surface area contributed by atoms with Gasteiger partial charge in [0.2, 0.25) is 0 Å². The second kappa shape index (κ2) is 8.06. The van der Waals surface area contributed by atoms with Gasteiger partial charge in [0.05, 0.1) is 5.75 Å². The van der Waals surface area contributed by atoms with Gasteiger partial charge in [-0.3, -0.25) is 4.79 Å². The Morgan fingerprint density at radius 1 is 1.08 bits per heavy atom. The molecule has 1 heterocycles. The third kappa shape index (κ3) is 4.01. The van der Waals surface area contributed by atoms with E-state index >= 15 is 0 Å². The number of nitrogens with zero attached hydrogens (tertiary/aromatic N) is 1. The van der Waals surface area contributed by atoms with Crippen LogP contribution in [0.5, 0.6) is 0 Å². The van der Waals surface area contributed by atoms with Crippen molar-refractivity contribution in [3.63, 3.8) is 0 Å². The van der Waals surface area contributed by atoms with E-state index in [2.05, 4.69) is 35.9 Å². The third-order valence-corrected chi connectivity index (χ3v) is 4.82. The second-order valence-electron chi connectivity index (χ2n) is 5.64. The summed E-state index contributed by atoms with van der Waals surface area (Å²) in [6, 6.07) is 18.1. The first kappa shape index (κ1) is 16.7. The maximum atomic E-state index is 12.0. The van der Waals surface area contributed by atoms with E-state index in [1.807, 2.05) is 36.4 Å². The van der Waals surface area contributed by atoms with Gasteiger partial charge in [0.15, 0.2) is 0 Å². The summed E-state index contributed by atoms with van der Waals surface area (Å²) < 4.78 is 7.61. The predicted octanol–water partition coefficient (Wildman–Crippen LogP) is 4.89. The van der Waals surface area contributed by atoms with E-state index in [0.717, 1.165) is 23.4 Å². The van der Waals surface area contributed by atoms with E-state index in [9.17, 15) is 4.79 Å². The van der Waals surface area contributed by atoms with Gasteiger partial charge in [0, 0.05) is 28.5 Å². The van der Waals surface area contributed by atoms with E-state index in [1.54, 1.807) is 11.8 Å². The summed E-state index contributed by atoms with van der Waals surface area (Å²) in [6.07, 6.45) is 3.23. The largest absolute Gasteiger partial charge is 0.460 e. The molecule has 1 aromatic heterocycles. The molecule has 0 bridgehead atoms. The van der Waals surface area contributed by atoms with Crippen molar-refractivity contribution in [1.29, 1.82) is 0 Å². The molecule has 3 rings (SSSR count). The van der Waals surface area contributed by atoms with E-state index in [1.165, 1.54) is 10.9 Å². The number of hydrogen-bond acceptors (Lipinski definition) is 3. The molecule has 3 nitrogen and oxygen atoms in total. The zero-order valence-electron chi connectivity index (χ0n) is 13.8. The molecular weight excluding hydrogens is 318 g/mol. The van der Waals surface area contributed by atoms with Gasteiger partial charge < -0.3 is 9.30 Å². The number of para-hydroxylation sites is 1. The van der Waals surface area contributed by atoms with Crippen LogP contribution in [-0.2, 0) is 22.7 Å². The van der Waals surface area contributed by atoms with Crippen LogP contribution in [-0.4, -0.2) is 16.3 Å². The number of hydrogen-bond donors (Lipinski definition) is 0. The number of benzene rings is 2. The van der Waals surface area contributed by atoms with Crippen LogP contribution >= 0.6 is 11.8 Å². The van der Waals surface area contributed by atoms with Gasteiger partial charge in [-0.2, -0.15) is 0 Å². The summed E-state index contributed by atoms with van der Waals surface area (Å²) in [7, 11) is 0. The highest BCUT2D eigenvalue weighted by molar-refractivity contribution is 8.00. The lowest BCUT2D eigenvalue weighted by Crippen LogP contribution is -2.07. The van der Waals surface area contributed by atoms with Crippen molar-refractivity contribution in [2.24, 2.45) is 0 Å². The van der Waals surface area contributed by atoms with Crippen molar-refractivity contribution >= 4 is 28.6 Å². The fraction of sp³-hybridized carbons (Fsp3) is 0.250. The van der Waals surface area contributed by atoms with Crippen molar-refractivity contribution in [2.45, 2.75) is 31.4 Å². The second-order valence-corrected chi connectivity index (χ2v) is 6.66. The normalized spacial score (nSPS) is 10.9. The lowest BCUT2D eigenvalue weighted by Gasteiger charge is -2.04. The zero-order chi connectivity index (χ0) is 16.8. The molecule has 124 valence electrons. The van der Waals surface area contributed by atoms with Gasteiger partial charge in [-0.05, 0) is 18.1 Å². The maximum absolute atomic E-state index is 12.0. The highest BCUT2D eigenvalue weighted by atomic mass is 32.2. The molecule has 24 heavy (non-hydrogen) atoms. The Labute approximate surface area is 146 Å². The van der Waals surface area contributed by atoms with Gasteiger partial charge in [-0.1, -0.05) is 55.5 Å². The molecule has 0 radical (unpaired) electrons. The van der Waals surface area contributed by atoms with Gasteiger partial charge in [0.1, 0.15) is 6.61 Å². The van der Waals surface area contributed by atoms with Crippen molar-refractivity contribution in [3.8, 4) is 0 Å². The summed E-state index contributed by atoms with van der Waals surface area (Å²) in [5.74, 6) is 0.142. The maximum Gasteiger partial charge on any atom is 0.316 e. The number of aryl methyl sites for hydroxylation is 1. The Bertz CT molecular complexity index is 811. The SMILES string of the molecule is CCCn1cc(SCC(=O)OCc2ccccc2)c2ccccc21. The van der Waals surface area contributed by atoms with Gasteiger partial charge in [0.25, 0.3) is 0 Å². The molecule has 0 amide bonds. The number of rotatable bonds is 7. The van der Waals surface area contributed by atoms with E-state index in [4.69, 9.17) is 4.74 Å². The molecule has 4 heteroatoms. The Hall–Kier alpha value is -2.20. The molecule has 0 fully saturated rings. The van der Waals surface area contributed by atoms with Crippen LogP contribution in [0.1, 0.15) is 18.9 Å². The average Bonchev–Trinajstić information content (AvgIpc) is 2.97. The third-order valence-electron chi connectivity index (χ3n) is 3.80. The smallest absolute Gasteiger partial charge is 0.316 e. The first-order valence-corrected chi connectivity index (χ1v) is 9.16. The minimum atomic E-state index is -0.184. The first-order valence-electron chi connectivity index (χ1n) is 8.18. The summed E-state index contributed by atoms with van der Waals surface area (Å²) in [5.41, 5.74) is 2.23. The molecule has 0 aliphatic carbocycles. The summed E-state index contributed by atoms with van der Waals surface area (Å²) >= 11 is 1.54. The topological polar surface area (TPSA) is 31.2 Å². The van der Waals surface area contributed by atoms with Gasteiger partial charge >= 0.3 is 5.97 Å². The summed E-state index contributed by atoms with van der Waals surface area (Å²) in [4.78, 5) is 13.1. The molecular formula is C20H21NO2S. The highest BCUT2D eigenvalue weighted by Gasteiger charge is 2.11. The molecule has 0 saturated heterocycles. The van der Waals surface area contributed by atoms with Crippen LogP contribution in [0.2, 0.25) is 0 Å². The molecule has 0 unspecified atom stereocenters. The number of aromatic nitrogens is 1. The lowest BCUT2D eigenvalue weighted by atomic mass is 10.2. The van der Waals surface area contributed by atoms with E-state index in [0.29, 0.717) is 12.4 Å². The van der Waals surface area contributed by atoms with Crippen LogP contribution < -0.4 is 0 Å². The summed E-state index contributed by atoms with van der Waals surface area (Å²) in [6.45, 7) is 3.49. The Kier molecular flexibility index (Phi) is 5.59. The molecule has 2 aromatic carbocycles.